The largest absolute Gasteiger partial charge is 0.386 e. The normalized spacial score (nSPS) is 17.9. The van der Waals surface area contributed by atoms with Crippen molar-refractivity contribution in [2.75, 3.05) is 5.32 Å². The molecule has 2 N–H and O–H groups in total. The van der Waals surface area contributed by atoms with E-state index in [9.17, 15) is 29.3 Å². The second-order valence-corrected chi connectivity index (χ2v) is 11.6. The predicted molar refractivity (Wildman–Crippen MR) is 121 cm³/mol. The number of amides is 1. The van der Waals surface area contributed by atoms with Crippen LogP contribution < -0.4 is 5.32 Å². The van der Waals surface area contributed by atoms with E-state index in [1.54, 1.807) is 12.1 Å². The molecular formula is C22H25F5N4O2S. The number of anilines is 1. The van der Waals surface area contributed by atoms with Crippen LogP contribution in [0, 0.1) is 0 Å². The van der Waals surface area contributed by atoms with Gasteiger partial charge in [0.2, 0.25) is 0 Å². The van der Waals surface area contributed by atoms with Crippen LogP contribution in [-0.4, -0.2) is 25.8 Å². The fourth-order valence-corrected chi connectivity index (χ4v) is 4.78. The van der Waals surface area contributed by atoms with Gasteiger partial charge in [-0.15, -0.1) is 0 Å². The summed E-state index contributed by atoms with van der Waals surface area (Å²) in [5, 5.41) is 15.9. The molecular weight excluding hydrogens is 479 g/mol. The summed E-state index contributed by atoms with van der Waals surface area (Å²) < 4.78 is 67.5. The molecule has 1 saturated carbocycles. The van der Waals surface area contributed by atoms with E-state index in [-0.39, 0.29) is 23.4 Å². The minimum Gasteiger partial charge on any atom is -0.386 e. The Morgan fingerprint density at radius 1 is 1.12 bits per heavy atom. The Hall–Kier alpha value is -2.73. The molecule has 34 heavy (non-hydrogen) atoms. The van der Waals surface area contributed by atoms with Crippen molar-refractivity contribution in [2.45, 2.75) is 62.6 Å². The summed E-state index contributed by atoms with van der Waals surface area (Å²) in [5.41, 5.74) is -1.30. The van der Waals surface area contributed by atoms with Crippen molar-refractivity contribution < 1.29 is 29.3 Å². The Balaban J connectivity index is 1.71. The molecule has 0 saturated heterocycles. The predicted octanol–water partition coefficient (Wildman–Crippen LogP) is 7.07. The third-order valence-corrected chi connectivity index (χ3v) is 6.89. The first-order chi connectivity index (χ1) is 15.5. The molecule has 4 rings (SSSR count). The van der Waals surface area contributed by atoms with E-state index < -0.39 is 32.5 Å². The van der Waals surface area contributed by atoms with E-state index in [0.29, 0.717) is 17.0 Å². The van der Waals surface area contributed by atoms with E-state index in [4.69, 9.17) is 0 Å². The fourth-order valence-electron chi connectivity index (χ4n) is 4.18. The highest BCUT2D eigenvalue weighted by Crippen LogP contribution is 3.01. The molecule has 6 nitrogen and oxygen atoms in total. The zero-order valence-electron chi connectivity index (χ0n) is 18.6. The Morgan fingerprint density at radius 3 is 2.41 bits per heavy atom. The monoisotopic (exact) mass is 504 g/mol. The van der Waals surface area contributed by atoms with E-state index in [1.807, 2.05) is 10.9 Å². The van der Waals surface area contributed by atoms with Gasteiger partial charge in [-0.3, -0.25) is 9.48 Å². The summed E-state index contributed by atoms with van der Waals surface area (Å²) in [7, 11) is -10.1. The zero-order chi connectivity index (χ0) is 25.0. The third-order valence-electron chi connectivity index (χ3n) is 5.87. The van der Waals surface area contributed by atoms with Crippen LogP contribution in [0.5, 0.6) is 0 Å². The maximum atomic E-state index is 13.1. The number of aromatic nitrogens is 3. The van der Waals surface area contributed by atoms with Gasteiger partial charge in [0.1, 0.15) is 5.69 Å². The van der Waals surface area contributed by atoms with E-state index in [2.05, 4.69) is 15.4 Å². The molecule has 0 radical (unpaired) electrons. The van der Waals surface area contributed by atoms with Crippen LogP contribution in [0.4, 0.5) is 25.1 Å². The van der Waals surface area contributed by atoms with Crippen molar-refractivity contribution in [1.29, 1.82) is 0 Å². The van der Waals surface area contributed by atoms with Crippen LogP contribution in [0.1, 0.15) is 68.0 Å². The van der Waals surface area contributed by atoms with Crippen LogP contribution in [0.3, 0.4) is 0 Å². The Kier molecular flexibility index (Phi) is 5.30. The Morgan fingerprint density at radius 2 is 1.79 bits per heavy atom. The summed E-state index contributed by atoms with van der Waals surface area (Å²) in [6, 6.07) is 5.13. The number of aliphatic hydroxyl groups is 1. The second-order valence-electron chi connectivity index (χ2n) is 9.20. The average molecular weight is 505 g/mol. The first-order valence-electron chi connectivity index (χ1n) is 10.8. The molecule has 1 fully saturated rings. The van der Waals surface area contributed by atoms with Crippen molar-refractivity contribution in [3.8, 4) is 0 Å². The van der Waals surface area contributed by atoms with Gasteiger partial charge in [-0.05, 0) is 51.0 Å². The molecule has 1 aliphatic carbocycles. The van der Waals surface area contributed by atoms with Gasteiger partial charge < -0.3 is 10.4 Å². The van der Waals surface area contributed by atoms with Gasteiger partial charge in [-0.1, -0.05) is 44.8 Å². The number of carbonyl (C=O) groups is 1. The van der Waals surface area contributed by atoms with Crippen molar-refractivity contribution in [3.05, 3.63) is 47.8 Å². The first-order valence-corrected chi connectivity index (χ1v) is 12.7. The number of nitrogens with zero attached hydrogens (tertiary/aromatic N) is 3. The number of hydrogen-bond donors (Lipinski definition) is 2. The van der Waals surface area contributed by atoms with Gasteiger partial charge in [-0.2, -0.15) is 5.10 Å². The van der Waals surface area contributed by atoms with Gasteiger partial charge in [0.05, 0.1) is 17.2 Å². The smallest absolute Gasteiger partial charge is 0.325 e. The van der Waals surface area contributed by atoms with E-state index >= 15 is 0 Å². The standard InChI is InChI=1S/C22H25F5N4O2S/c1-22(2,33)16-12-18-14(13-31(30-18)15-7-4-3-5-8-15)11-19(16)29-21(32)17-9-6-10-20(28-17)34(23,24,25,26)27/h6,9-13,15,33H,3-5,7-8H2,1-2H3,(H,29,32). The van der Waals surface area contributed by atoms with E-state index in [1.165, 1.54) is 20.3 Å². The first kappa shape index (κ1) is 24.4. The lowest BCUT2D eigenvalue weighted by Gasteiger charge is -2.39. The molecule has 0 aliphatic heterocycles. The third kappa shape index (κ3) is 5.17. The van der Waals surface area contributed by atoms with Gasteiger partial charge >= 0.3 is 10.2 Å². The summed E-state index contributed by atoms with van der Waals surface area (Å²) in [4.78, 5) is 15.6. The number of hydrogen-bond acceptors (Lipinski definition) is 4. The quantitative estimate of drug-likeness (QED) is 0.364. The molecule has 1 amide bonds. The number of halogens is 5. The van der Waals surface area contributed by atoms with Gasteiger partial charge in [-0.25, -0.2) is 4.98 Å². The molecule has 186 valence electrons. The van der Waals surface area contributed by atoms with Crippen LogP contribution in [0.25, 0.3) is 10.9 Å². The van der Waals surface area contributed by atoms with Gasteiger partial charge in [0, 0.05) is 22.8 Å². The molecule has 3 aromatic rings. The highest BCUT2D eigenvalue weighted by atomic mass is 32.5. The lowest BCUT2D eigenvalue weighted by atomic mass is 9.95. The molecule has 0 bridgehead atoms. The fraction of sp³-hybridized carbons (Fsp3) is 0.409. The highest BCUT2D eigenvalue weighted by Gasteiger charge is 2.67. The lowest BCUT2D eigenvalue weighted by molar-refractivity contribution is 0.0793. The molecule has 0 spiro atoms. The topological polar surface area (TPSA) is 80.0 Å². The lowest BCUT2D eigenvalue weighted by Crippen LogP contribution is -2.22. The number of nitrogens with one attached hydrogen (secondary N) is 1. The summed E-state index contributed by atoms with van der Waals surface area (Å²) in [6.45, 7) is 2.96. The number of rotatable bonds is 5. The van der Waals surface area contributed by atoms with Crippen LogP contribution in [-0.2, 0) is 5.60 Å². The minimum absolute atomic E-state index is 0.118. The van der Waals surface area contributed by atoms with Crippen molar-refractivity contribution >= 4 is 32.7 Å². The number of fused-ring (bicyclic) bond motifs is 1. The Labute approximate surface area is 192 Å². The molecule has 12 heteroatoms. The van der Waals surface area contributed by atoms with Crippen molar-refractivity contribution in [3.63, 3.8) is 0 Å². The second kappa shape index (κ2) is 7.38. The minimum atomic E-state index is -10.1. The molecule has 1 aliphatic rings. The van der Waals surface area contributed by atoms with Crippen LogP contribution >= 0.6 is 10.2 Å². The molecule has 2 heterocycles. The molecule has 0 atom stereocenters. The van der Waals surface area contributed by atoms with Crippen molar-refractivity contribution in [2.24, 2.45) is 0 Å². The Bertz CT molecular complexity index is 1260. The molecule has 2 aromatic heterocycles. The number of benzene rings is 1. The van der Waals surface area contributed by atoms with Crippen LogP contribution in [0.15, 0.2) is 41.6 Å². The number of pyridine rings is 1. The van der Waals surface area contributed by atoms with Gasteiger partial charge in [0.15, 0.2) is 5.03 Å². The maximum absolute atomic E-state index is 13.1. The zero-order valence-corrected chi connectivity index (χ0v) is 19.4. The van der Waals surface area contributed by atoms with Crippen molar-refractivity contribution in [1.82, 2.24) is 14.8 Å². The molecule has 1 aromatic carbocycles. The summed E-state index contributed by atoms with van der Waals surface area (Å²) in [5.74, 6) is -1.12. The SMILES string of the molecule is CC(C)(O)c1cc2nn(C3CCCCC3)cc2cc1NC(=O)c1cccc(S(F)(F)(F)(F)F)n1. The maximum Gasteiger partial charge on any atom is 0.325 e. The number of carbonyl (C=O) groups excluding carboxylic acids is 1. The summed E-state index contributed by atoms with van der Waals surface area (Å²) in [6.07, 6.45) is 7.17. The molecule has 0 unspecified atom stereocenters. The van der Waals surface area contributed by atoms with Crippen LogP contribution in [0.2, 0.25) is 0 Å². The average Bonchev–Trinajstić information content (AvgIpc) is 3.15. The highest BCUT2D eigenvalue weighted by molar-refractivity contribution is 8.45. The summed E-state index contributed by atoms with van der Waals surface area (Å²) >= 11 is 0. The van der Waals surface area contributed by atoms with Gasteiger partial charge in [0.25, 0.3) is 5.91 Å². The van der Waals surface area contributed by atoms with E-state index in [0.717, 1.165) is 31.7 Å².